The van der Waals surface area contributed by atoms with E-state index in [1.807, 2.05) is 0 Å². The maximum atomic E-state index is 13.6. The van der Waals surface area contributed by atoms with E-state index < -0.39 is 5.91 Å². The van der Waals surface area contributed by atoms with Gasteiger partial charge in [0.15, 0.2) is 0 Å². The molecule has 0 unspecified atom stereocenters. The van der Waals surface area contributed by atoms with Crippen LogP contribution in [0, 0.1) is 5.82 Å². The van der Waals surface area contributed by atoms with Gasteiger partial charge >= 0.3 is 0 Å². The molecule has 0 fully saturated rings. The van der Waals surface area contributed by atoms with Crippen molar-refractivity contribution in [2.45, 2.75) is 19.3 Å². The van der Waals surface area contributed by atoms with E-state index in [0.29, 0.717) is 22.1 Å². The summed E-state index contributed by atoms with van der Waals surface area (Å²) in [6.07, 6.45) is 0.839. The van der Waals surface area contributed by atoms with Crippen LogP contribution < -0.4 is 5.32 Å². The number of aromatic nitrogens is 2. The maximum Gasteiger partial charge on any atom is 0.273 e. The molecule has 2 heterocycles. The molecule has 0 atom stereocenters. The number of hydrogen-bond acceptors (Lipinski definition) is 6. The molecule has 1 aliphatic heterocycles. The molecule has 9 heteroatoms. The van der Waals surface area contributed by atoms with E-state index in [9.17, 15) is 14.0 Å². The molecule has 24 heavy (non-hydrogen) atoms. The molecule has 0 radical (unpaired) electrons. The fourth-order valence-corrected chi connectivity index (χ4v) is 2.94. The summed E-state index contributed by atoms with van der Waals surface area (Å²) >= 11 is 1.17. The number of hydrogen-bond donors (Lipinski definition) is 1. The first kappa shape index (κ1) is 16.2. The Morgan fingerprint density at radius 1 is 1.33 bits per heavy atom. The molecule has 0 aliphatic carbocycles. The maximum absolute atomic E-state index is 13.6. The van der Waals surface area contributed by atoms with Gasteiger partial charge in [0.25, 0.3) is 5.91 Å². The van der Waals surface area contributed by atoms with E-state index in [1.54, 1.807) is 18.2 Å². The minimum atomic E-state index is -0.414. The Morgan fingerprint density at radius 2 is 2.12 bits per heavy atom. The number of anilines is 1. The summed E-state index contributed by atoms with van der Waals surface area (Å²) in [5.41, 5.74) is 0.784. The first-order chi connectivity index (χ1) is 11.5. The molecular weight excluding hydrogens is 333 g/mol. The predicted octanol–water partition coefficient (Wildman–Crippen LogP) is 1.81. The zero-order valence-corrected chi connectivity index (χ0v) is 13.6. The van der Waals surface area contributed by atoms with Crippen molar-refractivity contribution in [3.63, 3.8) is 0 Å². The quantitative estimate of drug-likeness (QED) is 0.914. The van der Waals surface area contributed by atoms with E-state index in [4.69, 9.17) is 0 Å². The van der Waals surface area contributed by atoms with Crippen molar-refractivity contribution >= 4 is 34.0 Å². The summed E-state index contributed by atoms with van der Waals surface area (Å²) in [7, 11) is 1.51. The highest BCUT2D eigenvalue weighted by Gasteiger charge is 2.22. The van der Waals surface area contributed by atoms with Gasteiger partial charge < -0.3 is 0 Å². The Labute approximate surface area is 141 Å². The summed E-state index contributed by atoms with van der Waals surface area (Å²) in [5, 5.41) is 16.5. The minimum absolute atomic E-state index is 0.130. The lowest BCUT2D eigenvalue weighted by Gasteiger charge is -2.18. The lowest BCUT2D eigenvalue weighted by Crippen LogP contribution is -2.34. The average Bonchev–Trinajstić information content (AvgIpc) is 2.99. The van der Waals surface area contributed by atoms with E-state index >= 15 is 0 Å². The Kier molecular flexibility index (Phi) is 4.61. The van der Waals surface area contributed by atoms with Crippen LogP contribution in [0.15, 0.2) is 29.4 Å². The van der Waals surface area contributed by atoms with Crippen molar-refractivity contribution in [3.8, 4) is 0 Å². The summed E-state index contributed by atoms with van der Waals surface area (Å²) in [6.45, 7) is 0. The number of halogens is 1. The fraction of sp³-hybridized carbons (Fsp3) is 0.267. The number of rotatable bonds is 4. The molecular formula is C15H14FN5O2S. The molecule has 1 aliphatic rings. The van der Waals surface area contributed by atoms with Crippen molar-refractivity contribution in [1.82, 2.24) is 15.2 Å². The Morgan fingerprint density at radius 3 is 2.88 bits per heavy atom. The third kappa shape index (κ3) is 3.62. The zero-order valence-electron chi connectivity index (χ0n) is 12.8. The molecule has 2 aromatic rings. The van der Waals surface area contributed by atoms with Crippen LogP contribution in [0.1, 0.15) is 23.4 Å². The highest BCUT2D eigenvalue weighted by Crippen LogP contribution is 2.20. The van der Waals surface area contributed by atoms with Gasteiger partial charge in [-0.15, -0.1) is 10.2 Å². The fourth-order valence-electron chi connectivity index (χ4n) is 2.18. The smallest absolute Gasteiger partial charge is 0.273 e. The highest BCUT2D eigenvalue weighted by atomic mass is 32.1. The molecule has 1 aromatic heterocycles. The molecule has 1 N–H and O–H groups in total. The van der Waals surface area contributed by atoms with Gasteiger partial charge in [0.2, 0.25) is 11.0 Å². The monoisotopic (exact) mass is 347 g/mol. The predicted molar refractivity (Wildman–Crippen MR) is 87.2 cm³/mol. The molecule has 0 saturated heterocycles. The standard InChI is InChI=1S/C15H14FN5O2S/c1-21-13(22)7-6-11(20-21)14(23)17-15-19-18-12(24-15)8-9-4-2-3-5-10(9)16/h2-5H,6-8H2,1H3,(H,17,19,23). The second-order valence-electron chi connectivity index (χ2n) is 5.19. The lowest BCUT2D eigenvalue weighted by atomic mass is 10.1. The lowest BCUT2D eigenvalue weighted by molar-refractivity contribution is -0.130. The summed E-state index contributed by atoms with van der Waals surface area (Å²) in [4.78, 5) is 23.5. The first-order valence-electron chi connectivity index (χ1n) is 7.24. The zero-order chi connectivity index (χ0) is 17.1. The van der Waals surface area contributed by atoms with Crippen molar-refractivity contribution in [2.75, 3.05) is 12.4 Å². The molecule has 2 amide bonds. The van der Waals surface area contributed by atoms with Crippen LogP contribution in [-0.2, 0) is 16.0 Å². The molecule has 7 nitrogen and oxygen atoms in total. The van der Waals surface area contributed by atoms with Gasteiger partial charge in [0, 0.05) is 26.3 Å². The van der Waals surface area contributed by atoms with Crippen molar-refractivity contribution in [3.05, 3.63) is 40.7 Å². The third-order valence-corrected chi connectivity index (χ3v) is 4.29. The van der Waals surface area contributed by atoms with Crippen LogP contribution in [0.3, 0.4) is 0 Å². The van der Waals surface area contributed by atoms with Crippen molar-refractivity contribution < 1.29 is 14.0 Å². The number of benzene rings is 1. The molecule has 124 valence electrons. The molecule has 0 spiro atoms. The SMILES string of the molecule is CN1N=C(C(=O)Nc2nnc(Cc3ccccc3F)s2)CCC1=O. The van der Waals surface area contributed by atoms with E-state index in [-0.39, 0.29) is 30.3 Å². The number of hydrazone groups is 1. The third-order valence-electron chi connectivity index (χ3n) is 3.46. The van der Waals surface area contributed by atoms with E-state index in [1.165, 1.54) is 24.5 Å². The second kappa shape index (κ2) is 6.83. The Bertz CT molecular complexity index is 820. The van der Waals surface area contributed by atoms with Crippen LogP contribution in [0.25, 0.3) is 0 Å². The first-order valence-corrected chi connectivity index (χ1v) is 8.06. The van der Waals surface area contributed by atoms with Gasteiger partial charge in [-0.25, -0.2) is 9.40 Å². The normalized spacial score (nSPS) is 14.5. The summed E-state index contributed by atoms with van der Waals surface area (Å²) in [6, 6.07) is 6.44. The van der Waals surface area contributed by atoms with Crippen LogP contribution >= 0.6 is 11.3 Å². The molecule has 0 saturated carbocycles. The topological polar surface area (TPSA) is 87.6 Å². The van der Waals surface area contributed by atoms with Gasteiger partial charge in [-0.3, -0.25) is 14.9 Å². The van der Waals surface area contributed by atoms with E-state index in [0.717, 1.165) is 5.01 Å². The van der Waals surface area contributed by atoms with Gasteiger partial charge in [-0.1, -0.05) is 29.5 Å². The highest BCUT2D eigenvalue weighted by molar-refractivity contribution is 7.15. The van der Waals surface area contributed by atoms with Crippen LogP contribution in [0.2, 0.25) is 0 Å². The second-order valence-corrected chi connectivity index (χ2v) is 6.25. The number of nitrogens with zero attached hydrogens (tertiary/aromatic N) is 4. The van der Waals surface area contributed by atoms with Gasteiger partial charge in [-0.2, -0.15) is 5.10 Å². The summed E-state index contributed by atoms with van der Waals surface area (Å²) in [5.74, 6) is -0.847. The van der Waals surface area contributed by atoms with Crippen LogP contribution in [0.5, 0.6) is 0 Å². The van der Waals surface area contributed by atoms with Gasteiger partial charge in [-0.05, 0) is 11.6 Å². The van der Waals surface area contributed by atoms with Gasteiger partial charge in [0.05, 0.1) is 0 Å². The largest absolute Gasteiger partial charge is 0.295 e. The average molecular weight is 347 g/mol. The van der Waals surface area contributed by atoms with Gasteiger partial charge in [0.1, 0.15) is 16.5 Å². The Balaban J connectivity index is 1.66. The van der Waals surface area contributed by atoms with Crippen LogP contribution in [-0.4, -0.2) is 39.8 Å². The number of nitrogens with one attached hydrogen (secondary N) is 1. The Hall–Kier alpha value is -2.68. The minimum Gasteiger partial charge on any atom is -0.295 e. The number of amides is 2. The van der Waals surface area contributed by atoms with Crippen molar-refractivity contribution in [2.24, 2.45) is 5.10 Å². The number of carbonyl (C=O) groups excluding carboxylic acids is 2. The van der Waals surface area contributed by atoms with Crippen molar-refractivity contribution in [1.29, 1.82) is 0 Å². The van der Waals surface area contributed by atoms with Crippen LogP contribution in [0.4, 0.5) is 9.52 Å². The summed E-state index contributed by atoms with van der Waals surface area (Å²) < 4.78 is 13.6. The molecule has 0 bridgehead atoms. The van der Waals surface area contributed by atoms with E-state index in [2.05, 4.69) is 20.6 Å². The molecule has 1 aromatic carbocycles. The number of carbonyl (C=O) groups is 2. The molecule has 3 rings (SSSR count).